The summed E-state index contributed by atoms with van der Waals surface area (Å²) in [6.07, 6.45) is 2.05. The van der Waals surface area contributed by atoms with Gasteiger partial charge in [0.15, 0.2) is 11.5 Å². The molecule has 0 saturated heterocycles. The summed E-state index contributed by atoms with van der Waals surface area (Å²) in [5, 5.41) is 0. The molecule has 4 rings (SSSR count). The zero-order valence-electron chi connectivity index (χ0n) is 17.7. The van der Waals surface area contributed by atoms with E-state index in [-0.39, 0.29) is 6.03 Å². The van der Waals surface area contributed by atoms with Gasteiger partial charge in [-0.3, -0.25) is 9.80 Å². The number of carbonyl (C=O) groups is 1. The molecule has 2 amide bonds. The summed E-state index contributed by atoms with van der Waals surface area (Å²) in [6, 6.07) is 22.9. The molecule has 0 aromatic heterocycles. The lowest BCUT2D eigenvalue weighted by molar-refractivity contribution is 0.253. The van der Waals surface area contributed by atoms with E-state index >= 15 is 0 Å². The fraction of sp³-hybridized carbons (Fsp3) is 0.160. The van der Waals surface area contributed by atoms with Gasteiger partial charge in [-0.05, 0) is 23.8 Å². The van der Waals surface area contributed by atoms with Crippen molar-refractivity contribution < 1.29 is 19.0 Å². The molecule has 0 bridgehead atoms. The van der Waals surface area contributed by atoms with Gasteiger partial charge in [0, 0.05) is 24.4 Å². The number of carbonyl (C=O) groups excluding carboxylic acids is 1. The van der Waals surface area contributed by atoms with Crippen molar-refractivity contribution in [3.63, 3.8) is 0 Å². The normalized spacial score (nSPS) is 13.6. The summed E-state index contributed by atoms with van der Waals surface area (Å²) >= 11 is 0. The van der Waals surface area contributed by atoms with Crippen LogP contribution in [-0.2, 0) is 0 Å². The van der Waals surface area contributed by atoms with Crippen LogP contribution in [0.1, 0.15) is 5.56 Å². The summed E-state index contributed by atoms with van der Waals surface area (Å²) in [5.74, 6) is 1.44. The van der Waals surface area contributed by atoms with Crippen LogP contribution in [0.3, 0.4) is 0 Å². The number of anilines is 2. The van der Waals surface area contributed by atoms with E-state index in [1.807, 2.05) is 66.7 Å². The van der Waals surface area contributed by atoms with Crippen molar-refractivity contribution >= 4 is 23.1 Å². The topological polar surface area (TPSA) is 51.2 Å². The highest BCUT2D eigenvalue weighted by atomic mass is 16.5. The number of rotatable bonds is 6. The monoisotopic (exact) mass is 416 g/mol. The summed E-state index contributed by atoms with van der Waals surface area (Å²) in [4.78, 5) is 17.2. The highest BCUT2D eigenvalue weighted by Gasteiger charge is 2.32. The Morgan fingerprint density at radius 1 is 0.742 bits per heavy atom. The molecular formula is C25H24N2O4. The van der Waals surface area contributed by atoms with Crippen LogP contribution in [0.2, 0.25) is 0 Å². The molecule has 1 heterocycles. The van der Waals surface area contributed by atoms with E-state index in [0.717, 1.165) is 16.9 Å². The lowest BCUT2D eigenvalue weighted by Crippen LogP contribution is -2.46. The highest BCUT2D eigenvalue weighted by Crippen LogP contribution is 2.43. The minimum atomic E-state index is -0.165. The predicted octanol–water partition coefficient (Wildman–Crippen LogP) is 5.20. The Morgan fingerprint density at radius 3 is 1.87 bits per heavy atom. The molecule has 0 unspecified atom stereocenters. The molecule has 0 radical (unpaired) electrons. The molecule has 0 saturated carbocycles. The van der Waals surface area contributed by atoms with Crippen molar-refractivity contribution in [2.45, 2.75) is 0 Å². The van der Waals surface area contributed by atoms with E-state index in [9.17, 15) is 4.79 Å². The van der Waals surface area contributed by atoms with Crippen LogP contribution in [0.4, 0.5) is 16.2 Å². The van der Waals surface area contributed by atoms with Crippen LogP contribution >= 0.6 is 0 Å². The number of benzene rings is 3. The molecule has 0 spiro atoms. The molecule has 6 heteroatoms. The largest absolute Gasteiger partial charge is 0.493 e. The van der Waals surface area contributed by atoms with E-state index in [0.29, 0.717) is 29.5 Å². The number of para-hydroxylation sites is 1. The number of ether oxygens (including phenoxy) is 3. The van der Waals surface area contributed by atoms with Crippen LogP contribution in [0.25, 0.3) is 5.70 Å². The van der Waals surface area contributed by atoms with E-state index in [1.165, 1.54) is 0 Å². The first-order chi connectivity index (χ1) is 15.2. The average molecular weight is 416 g/mol. The fourth-order valence-corrected chi connectivity index (χ4v) is 3.70. The third-order valence-electron chi connectivity index (χ3n) is 5.18. The van der Waals surface area contributed by atoms with Gasteiger partial charge in [0.05, 0.1) is 32.7 Å². The van der Waals surface area contributed by atoms with Gasteiger partial charge in [-0.15, -0.1) is 0 Å². The van der Waals surface area contributed by atoms with Crippen LogP contribution in [0.15, 0.2) is 78.9 Å². The van der Waals surface area contributed by atoms with Crippen molar-refractivity contribution in [3.8, 4) is 17.2 Å². The summed E-state index contributed by atoms with van der Waals surface area (Å²) in [5.41, 5.74) is 3.19. The van der Waals surface area contributed by atoms with Crippen molar-refractivity contribution in [3.05, 3.63) is 84.4 Å². The van der Waals surface area contributed by atoms with Gasteiger partial charge in [-0.2, -0.15) is 0 Å². The zero-order chi connectivity index (χ0) is 21.8. The summed E-state index contributed by atoms with van der Waals surface area (Å²) < 4.78 is 16.5. The zero-order valence-corrected chi connectivity index (χ0v) is 17.7. The minimum absolute atomic E-state index is 0.165. The van der Waals surface area contributed by atoms with Crippen LogP contribution in [-0.4, -0.2) is 33.9 Å². The third-order valence-corrected chi connectivity index (χ3v) is 5.18. The number of urea groups is 1. The summed E-state index contributed by atoms with van der Waals surface area (Å²) in [7, 11) is 4.67. The quantitative estimate of drug-likeness (QED) is 0.554. The number of methoxy groups -OCH3 is 3. The number of nitrogens with zero attached hydrogens (tertiary/aromatic N) is 2. The molecule has 1 aliphatic heterocycles. The first-order valence-electron chi connectivity index (χ1n) is 9.90. The molecule has 3 aromatic rings. The van der Waals surface area contributed by atoms with Gasteiger partial charge in [-0.25, -0.2) is 4.79 Å². The van der Waals surface area contributed by atoms with Gasteiger partial charge >= 0.3 is 6.03 Å². The minimum Gasteiger partial charge on any atom is -0.493 e. The second-order valence-corrected chi connectivity index (χ2v) is 6.90. The Labute approximate surface area is 181 Å². The number of hydrogen-bond acceptors (Lipinski definition) is 4. The predicted molar refractivity (Wildman–Crippen MR) is 122 cm³/mol. The number of amides is 2. The van der Waals surface area contributed by atoms with Gasteiger partial charge in [-0.1, -0.05) is 48.5 Å². The summed E-state index contributed by atoms with van der Waals surface area (Å²) in [6.45, 7) is 0.466. The van der Waals surface area contributed by atoms with Crippen LogP contribution in [0, 0.1) is 0 Å². The Bertz CT molecular complexity index is 1070. The lowest BCUT2D eigenvalue weighted by atomic mass is 10.1. The van der Waals surface area contributed by atoms with Crippen molar-refractivity contribution in [2.24, 2.45) is 0 Å². The molecule has 3 aromatic carbocycles. The fourth-order valence-electron chi connectivity index (χ4n) is 3.70. The van der Waals surface area contributed by atoms with Gasteiger partial charge in [0.1, 0.15) is 0 Å². The molecule has 1 aliphatic rings. The molecule has 6 nitrogen and oxygen atoms in total. The molecule has 0 aliphatic carbocycles. The average Bonchev–Trinajstić information content (AvgIpc) is 2.83. The SMILES string of the molecule is COc1cc(N2C(=O)N(c3ccccc3)CC=C2c2ccccc2)cc(OC)c1OC. The maximum absolute atomic E-state index is 13.8. The van der Waals surface area contributed by atoms with E-state index in [1.54, 1.807) is 43.3 Å². The number of hydrogen-bond donors (Lipinski definition) is 0. The maximum atomic E-state index is 13.8. The molecular weight excluding hydrogens is 392 g/mol. The van der Waals surface area contributed by atoms with Crippen molar-refractivity contribution in [2.75, 3.05) is 37.7 Å². The van der Waals surface area contributed by atoms with Crippen molar-refractivity contribution in [1.29, 1.82) is 0 Å². The Morgan fingerprint density at radius 2 is 1.32 bits per heavy atom. The van der Waals surface area contributed by atoms with E-state index in [2.05, 4.69) is 0 Å². The maximum Gasteiger partial charge on any atom is 0.333 e. The standard InChI is InChI=1S/C25H24N2O4/c1-29-22-16-20(17-23(30-2)24(22)31-3)27-21(18-10-6-4-7-11-18)14-15-26(25(27)28)19-12-8-5-9-13-19/h4-14,16-17H,15H2,1-3H3. The van der Waals surface area contributed by atoms with Crippen LogP contribution < -0.4 is 24.0 Å². The second-order valence-electron chi connectivity index (χ2n) is 6.90. The first kappa shape index (κ1) is 20.3. The molecule has 0 fully saturated rings. The van der Waals surface area contributed by atoms with Crippen molar-refractivity contribution in [1.82, 2.24) is 0 Å². The van der Waals surface area contributed by atoms with Gasteiger partial charge in [0.25, 0.3) is 0 Å². The Hall–Kier alpha value is -3.93. The smallest absolute Gasteiger partial charge is 0.333 e. The molecule has 0 N–H and O–H groups in total. The lowest BCUT2D eigenvalue weighted by Gasteiger charge is -2.36. The van der Waals surface area contributed by atoms with Crippen LogP contribution in [0.5, 0.6) is 17.2 Å². The second kappa shape index (κ2) is 8.83. The molecule has 0 atom stereocenters. The molecule has 31 heavy (non-hydrogen) atoms. The van der Waals surface area contributed by atoms with Gasteiger partial charge < -0.3 is 14.2 Å². The highest BCUT2D eigenvalue weighted by molar-refractivity contribution is 6.14. The first-order valence-corrected chi connectivity index (χ1v) is 9.90. The van der Waals surface area contributed by atoms with E-state index < -0.39 is 0 Å². The Balaban J connectivity index is 1.88. The Kier molecular flexibility index (Phi) is 5.80. The van der Waals surface area contributed by atoms with E-state index in [4.69, 9.17) is 14.2 Å². The third kappa shape index (κ3) is 3.80. The molecule has 158 valence electrons. The van der Waals surface area contributed by atoms with Gasteiger partial charge in [0.2, 0.25) is 5.75 Å².